The molecule has 2 rings (SSSR count). The van der Waals surface area contributed by atoms with Crippen LogP contribution >= 0.6 is 0 Å². The lowest BCUT2D eigenvalue weighted by Gasteiger charge is -2.18. The Morgan fingerprint density at radius 2 is 1.71 bits per heavy atom. The van der Waals surface area contributed by atoms with Gasteiger partial charge in [-0.15, -0.1) is 0 Å². The van der Waals surface area contributed by atoms with E-state index in [0.717, 1.165) is 5.56 Å². The van der Waals surface area contributed by atoms with E-state index in [1.54, 1.807) is 48.3 Å². The number of rotatable bonds is 8. The topological polar surface area (TPSA) is 87.7 Å². The minimum absolute atomic E-state index is 0.0660. The number of amides is 3. The Balaban J connectivity index is 1.92. The fraction of sp³-hybridized carbons (Fsp3) is 0.286. The largest absolute Gasteiger partial charge is 0.494 e. The van der Waals surface area contributed by atoms with Crippen LogP contribution in [-0.2, 0) is 16.1 Å². The van der Waals surface area contributed by atoms with Gasteiger partial charge in [-0.2, -0.15) is 0 Å². The predicted octanol–water partition coefficient (Wildman–Crippen LogP) is 2.43. The molecule has 0 radical (unpaired) electrons. The van der Waals surface area contributed by atoms with Crippen molar-refractivity contribution >= 4 is 23.4 Å². The van der Waals surface area contributed by atoms with Gasteiger partial charge in [0.15, 0.2) is 0 Å². The number of nitrogens with one attached hydrogen (secondary N) is 2. The monoisotopic (exact) mass is 383 g/mol. The molecular weight excluding hydrogens is 358 g/mol. The molecule has 2 aromatic rings. The molecule has 0 aromatic heterocycles. The van der Waals surface area contributed by atoms with E-state index in [0.29, 0.717) is 30.2 Å². The summed E-state index contributed by atoms with van der Waals surface area (Å²) in [6, 6.07) is 13.9. The number of anilines is 1. The second-order valence-corrected chi connectivity index (χ2v) is 6.22. The summed E-state index contributed by atoms with van der Waals surface area (Å²) < 4.78 is 5.34. The summed E-state index contributed by atoms with van der Waals surface area (Å²) in [5, 5.41) is 5.37. The smallest absolute Gasteiger partial charge is 0.251 e. The lowest BCUT2D eigenvalue weighted by Crippen LogP contribution is -2.33. The van der Waals surface area contributed by atoms with Gasteiger partial charge in [0.2, 0.25) is 11.8 Å². The first-order valence-electron chi connectivity index (χ1n) is 9.01. The van der Waals surface area contributed by atoms with Crippen molar-refractivity contribution in [3.05, 3.63) is 59.7 Å². The van der Waals surface area contributed by atoms with E-state index in [1.807, 2.05) is 19.1 Å². The zero-order valence-corrected chi connectivity index (χ0v) is 16.3. The maximum atomic E-state index is 12.2. The van der Waals surface area contributed by atoms with Crippen molar-refractivity contribution in [1.29, 1.82) is 0 Å². The highest BCUT2D eigenvalue weighted by Gasteiger charge is 2.12. The number of hydrogen-bond donors (Lipinski definition) is 2. The van der Waals surface area contributed by atoms with Crippen molar-refractivity contribution in [2.45, 2.75) is 20.4 Å². The van der Waals surface area contributed by atoms with Crippen LogP contribution in [0, 0.1) is 0 Å². The molecule has 148 valence electrons. The van der Waals surface area contributed by atoms with Gasteiger partial charge in [-0.05, 0) is 42.8 Å². The minimum atomic E-state index is -0.350. The van der Waals surface area contributed by atoms with Gasteiger partial charge in [0.25, 0.3) is 5.91 Å². The molecule has 2 N–H and O–H groups in total. The number of carbonyl (C=O) groups excluding carboxylic acids is 3. The third kappa shape index (κ3) is 6.12. The Morgan fingerprint density at radius 3 is 2.36 bits per heavy atom. The average Bonchev–Trinajstić information content (AvgIpc) is 2.68. The van der Waals surface area contributed by atoms with E-state index in [4.69, 9.17) is 4.74 Å². The van der Waals surface area contributed by atoms with E-state index < -0.39 is 0 Å². The lowest BCUT2D eigenvalue weighted by atomic mass is 10.1. The third-order valence-corrected chi connectivity index (χ3v) is 4.07. The molecule has 0 fully saturated rings. The van der Waals surface area contributed by atoms with Gasteiger partial charge in [0.1, 0.15) is 5.75 Å². The van der Waals surface area contributed by atoms with E-state index >= 15 is 0 Å². The highest BCUT2D eigenvalue weighted by atomic mass is 16.5. The van der Waals surface area contributed by atoms with Gasteiger partial charge in [0, 0.05) is 31.8 Å². The molecule has 0 saturated heterocycles. The molecule has 2 aromatic carbocycles. The third-order valence-electron chi connectivity index (χ3n) is 4.07. The molecule has 0 bridgehead atoms. The SMILES string of the molecule is CCOc1ccc(C(=O)NCC(=O)Nc2ccccc2CN(C)C(C)=O)cc1. The Morgan fingerprint density at radius 1 is 1.04 bits per heavy atom. The van der Waals surface area contributed by atoms with Gasteiger partial charge in [-0.3, -0.25) is 14.4 Å². The van der Waals surface area contributed by atoms with Gasteiger partial charge in [0.05, 0.1) is 13.2 Å². The Hall–Kier alpha value is -3.35. The molecule has 0 aliphatic heterocycles. The number of carbonyl (C=O) groups is 3. The highest BCUT2D eigenvalue weighted by Crippen LogP contribution is 2.17. The van der Waals surface area contributed by atoms with Crippen LogP contribution in [0.4, 0.5) is 5.69 Å². The summed E-state index contributed by atoms with van der Waals surface area (Å²) in [6.45, 7) is 4.13. The van der Waals surface area contributed by atoms with E-state index in [1.165, 1.54) is 6.92 Å². The molecule has 0 aliphatic rings. The van der Waals surface area contributed by atoms with Gasteiger partial charge >= 0.3 is 0 Å². The number of ether oxygens (including phenoxy) is 1. The standard InChI is InChI=1S/C21H25N3O4/c1-4-28-18-11-9-16(10-12-18)21(27)22-13-20(26)23-19-8-6-5-7-17(19)14-24(3)15(2)25/h5-12H,4,13-14H2,1-3H3,(H,22,27)(H,23,26). The molecule has 28 heavy (non-hydrogen) atoms. The lowest BCUT2D eigenvalue weighted by molar-refractivity contribution is -0.128. The summed E-state index contributed by atoms with van der Waals surface area (Å²) in [7, 11) is 1.69. The van der Waals surface area contributed by atoms with Crippen LogP contribution in [0.1, 0.15) is 29.8 Å². The van der Waals surface area contributed by atoms with Crippen LogP contribution in [0.25, 0.3) is 0 Å². The molecule has 7 heteroatoms. The van der Waals surface area contributed by atoms with Gasteiger partial charge in [-0.25, -0.2) is 0 Å². The summed E-state index contributed by atoms with van der Waals surface area (Å²) in [6.07, 6.45) is 0. The summed E-state index contributed by atoms with van der Waals surface area (Å²) in [5.74, 6) is -0.0762. The van der Waals surface area contributed by atoms with Crippen LogP contribution in [0.3, 0.4) is 0 Å². The molecule has 0 aliphatic carbocycles. The number of hydrogen-bond acceptors (Lipinski definition) is 4. The van der Waals surface area contributed by atoms with Crippen molar-refractivity contribution in [3.8, 4) is 5.75 Å². The van der Waals surface area contributed by atoms with Crippen molar-refractivity contribution in [1.82, 2.24) is 10.2 Å². The molecule has 3 amide bonds. The fourth-order valence-corrected chi connectivity index (χ4v) is 2.47. The first-order valence-corrected chi connectivity index (χ1v) is 9.01. The van der Waals surface area contributed by atoms with E-state index in [9.17, 15) is 14.4 Å². The second kappa shape index (κ2) is 10.1. The van der Waals surface area contributed by atoms with Crippen LogP contribution in [0.5, 0.6) is 5.75 Å². The molecular formula is C21H25N3O4. The summed E-state index contributed by atoms with van der Waals surface area (Å²) >= 11 is 0. The molecule has 0 saturated carbocycles. The normalized spacial score (nSPS) is 10.1. The zero-order valence-electron chi connectivity index (χ0n) is 16.3. The van der Waals surface area contributed by atoms with Gasteiger partial charge < -0.3 is 20.3 Å². The molecule has 0 spiro atoms. The van der Waals surface area contributed by atoms with Crippen LogP contribution < -0.4 is 15.4 Å². The van der Waals surface area contributed by atoms with Crippen LogP contribution in [0.15, 0.2) is 48.5 Å². The molecule has 0 atom stereocenters. The Labute approximate surface area is 164 Å². The quantitative estimate of drug-likeness (QED) is 0.733. The van der Waals surface area contributed by atoms with Crippen molar-refractivity contribution in [3.63, 3.8) is 0 Å². The highest BCUT2D eigenvalue weighted by molar-refractivity contribution is 5.99. The van der Waals surface area contributed by atoms with Crippen molar-refractivity contribution < 1.29 is 19.1 Å². The first kappa shape index (κ1) is 21.0. The number of para-hydroxylation sites is 1. The van der Waals surface area contributed by atoms with Crippen molar-refractivity contribution in [2.75, 3.05) is 25.5 Å². The minimum Gasteiger partial charge on any atom is -0.494 e. The Bertz CT molecular complexity index is 834. The number of nitrogens with zero attached hydrogens (tertiary/aromatic N) is 1. The predicted molar refractivity (Wildman–Crippen MR) is 107 cm³/mol. The maximum Gasteiger partial charge on any atom is 0.251 e. The molecule has 0 unspecified atom stereocenters. The average molecular weight is 383 g/mol. The first-order chi connectivity index (χ1) is 13.4. The van der Waals surface area contributed by atoms with Gasteiger partial charge in [-0.1, -0.05) is 18.2 Å². The van der Waals surface area contributed by atoms with Crippen LogP contribution in [-0.4, -0.2) is 42.8 Å². The van der Waals surface area contributed by atoms with Crippen LogP contribution in [0.2, 0.25) is 0 Å². The Kier molecular flexibility index (Phi) is 7.56. The molecule has 7 nitrogen and oxygen atoms in total. The summed E-state index contributed by atoms with van der Waals surface area (Å²) in [4.78, 5) is 37.4. The molecule has 0 heterocycles. The summed E-state index contributed by atoms with van der Waals surface area (Å²) in [5.41, 5.74) is 1.86. The number of benzene rings is 2. The zero-order chi connectivity index (χ0) is 20.5. The maximum absolute atomic E-state index is 12.2. The second-order valence-electron chi connectivity index (χ2n) is 6.22. The van der Waals surface area contributed by atoms with E-state index in [-0.39, 0.29) is 24.3 Å². The van der Waals surface area contributed by atoms with Crippen molar-refractivity contribution in [2.24, 2.45) is 0 Å². The van der Waals surface area contributed by atoms with E-state index in [2.05, 4.69) is 10.6 Å². The fourth-order valence-electron chi connectivity index (χ4n) is 2.47.